The molecule has 0 saturated carbocycles. The van der Waals surface area contributed by atoms with Gasteiger partial charge in [-0.1, -0.05) is 101 Å². The third-order valence-electron chi connectivity index (χ3n) is 6.76. The molecular formula is C24H26. The zero-order valence-electron chi connectivity index (χ0n) is 15.1. The van der Waals surface area contributed by atoms with Crippen LogP contribution in [0.15, 0.2) is 48.5 Å². The fraction of sp³-hybridized carbons (Fsp3) is 0.333. The van der Waals surface area contributed by atoms with Gasteiger partial charge in [-0.3, -0.25) is 0 Å². The monoisotopic (exact) mass is 314 g/mol. The van der Waals surface area contributed by atoms with Gasteiger partial charge < -0.3 is 0 Å². The third-order valence-corrected chi connectivity index (χ3v) is 6.76. The summed E-state index contributed by atoms with van der Waals surface area (Å²) in [5.74, 6) is 0.936. The van der Waals surface area contributed by atoms with Crippen LogP contribution in [0.2, 0.25) is 0 Å². The Kier molecular flexibility index (Phi) is 3.35. The van der Waals surface area contributed by atoms with Crippen molar-refractivity contribution in [3.05, 3.63) is 69.4 Å². The van der Waals surface area contributed by atoms with E-state index in [1.54, 1.807) is 0 Å². The van der Waals surface area contributed by atoms with E-state index < -0.39 is 0 Å². The molecule has 2 aliphatic rings. The van der Waals surface area contributed by atoms with Crippen molar-refractivity contribution in [2.75, 3.05) is 0 Å². The number of benzene rings is 2. The van der Waals surface area contributed by atoms with Crippen molar-refractivity contribution in [2.24, 2.45) is 22.7 Å². The van der Waals surface area contributed by atoms with Gasteiger partial charge in [0.1, 0.15) is 0 Å². The third kappa shape index (κ3) is 2.20. The normalized spacial score (nSPS) is 17.3. The van der Waals surface area contributed by atoms with Crippen LogP contribution in [0.25, 0.3) is 24.3 Å². The molecule has 0 spiro atoms. The highest BCUT2D eigenvalue weighted by Crippen LogP contribution is 2.52. The molecule has 122 valence electrons. The minimum Gasteiger partial charge on any atom is -0.0692 e. The van der Waals surface area contributed by atoms with E-state index >= 15 is 0 Å². The molecule has 0 saturated heterocycles. The number of hydrogen-bond acceptors (Lipinski definition) is 0. The van der Waals surface area contributed by atoms with Crippen molar-refractivity contribution in [2.45, 2.75) is 27.7 Å². The van der Waals surface area contributed by atoms with E-state index in [0.29, 0.717) is 11.8 Å². The van der Waals surface area contributed by atoms with E-state index in [2.05, 4.69) is 101 Å². The van der Waals surface area contributed by atoms with Gasteiger partial charge in [-0.2, -0.15) is 0 Å². The molecule has 2 aromatic carbocycles. The van der Waals surface area contributed by atoms with Crippen LogP contribution in [0.4, 0.5) is 0 Å². The molecule has 0 N–H and O–H groups in total. The molecule has 0 radical (unpaired) electrons. The lowest BCUT2D eigenvalue weighted by Gasteiger charge is -2.48. The lowest BCUT2D eigenvalue weighted by molar-refractivity contribution is 0.0760. The molecule has 0 unspecified atom stereocenters. The van der Waals surface area contributed by atoms with Crippen molar-refractivity contribution >= 4 is 24.3 Å². The van der Waals surface area contributed by atoms with Crippen molar-refractivity contribution in [1.82, 2.24) is 0 Å². The summed E-state index contributed by atoms with van der Waals surface area (Å²) in [5, 5.41) is 5.53. The van der Waals surface area contributed by atoms with Crippen LogP contribution in [0.5, 0.6) is 0 Å². The Labute approximate surface area is 144 Å². The first kappa shape index (κ1) is 15.4. The van der Waals surface area contributed by atoms with Gasteiger partial charge in [0.05, 0.1) is 0 Å². The van der Waals surface area contributed by atoms with Crippen molar-refractivity contribution < 1.29 is 0 Å². The molecule has 0 heteroatoms. The van der Waals surface area contributed by atoms with Gasteiger partial charge in [0.15, 0.2) is 0 Å². The first-order valence-corrected chi connectivity index (χ1v) is 8.97. The zero-order chi connectivity index (χ0) is 16.9. The van der Waals surface area contributed by atoms with Gasteiger partial charge in [0.25, 0.3) is 0 Å². The Hall–Kier alpha value is -2.08. The second-order valence-corrected chi connectivity index (χ2v) is 8.42. The number of fused-ring (bicyclic) bond motifs is 2. The smallest absolute Gasteiger partial charge is 0.00216 e. The van der Waals surface area contributed by atoms with Crippen molar-refractivity contribution in [3.8, 4) is 0 Å². The first-order chi connectivity index (χ1) is 11.4. The second-order valence-electron chi connectivity index (χ2n) is 8.42. The first-order valence-electron chi connectivity index (χ1n) is 8.97. The minimum absolute atomic E-state index is 0.158. The fourth-order valence-corrected chi connectivity index (χ4v) is 4.19. The lowest BCUT2D eigenvalue weighted by atomic mass is 9.56. The van der Waals surface area contributed by atoms with E-state index in [1.807, 2.05) is 0 Å². The highest BCUT2D eigenvalue weighted by molar-refractivity contribution is 5.56. The van der Waals surface area contributed by atoms with Gasteiger partial charge in [-0.25, -0.2) is 0 Å². The summed E-state index contributed by atoms with van der Waals surface area (Å²) in [6.45, 7) is 9.73. The quantitative estimate of drug-likeness (QED) is 0.817. The summed E-state index contributed by atoms with van der Waals surface area (Å²) in [6.07, 6.45) is 9.83. The Morgan fingerprint density at radius 2 is 0.750 bits per heavy atom. The van der Waals surface area contributed by atoms with Crippen LogP contribution in [0.1, 0.15) is 27.7 Å². The molecule has 0 fully saturated rings. The summed E-state index contributed by atoms with van der Waals surface area (Å²) in [4.78, 5) is 0. The average molecular weight is 314 g/mol. The second kappa shape index (κ2) is 5.21. The summed E-state index contributed by atoms with van der Waals surface area (Å²) >= 11 is 0. The average Bonchev–Trinajstić information content (AvgIpc) is 3.19. The minimum atomic E-state index is 0.158. The lowest BCUT2D eigenvalue weighted by Crippen LogP contribution is -2.41. The summed E-state index contributed by atoms with van der Waals surface area (Å²) in [7, 11) is 0. The molecule has 2 aliphatic carbocycles. The van der Waals surface area contributed by atoms with Crippen molar-refractivity contribution in [1.29, 1.82) is 0 Å². The van der Waals surface area contributed by atoms with Gasteiger partial charge >= 0.3 is 0 Å². The van der Waals surface area contributed by atoms with Crippen LogP contribution >= 0.6 is 0 Å². The van der Waals surface area contributed by atoms with Crippen molar-refractivity contribution in [3.63, 3.8) is 0 Å². The maximum absolute atomic E-state index is 2.46. The predicted molar refractivity (Wildman–Crippen MR) is 104 cm³/mol. The summed E-state index contributed by atoms with van der Waals surface area (Å²) in [6, 6.07) is 17.5. The molecule has 0 heterocycles. The Bertz CT molecular complexity index is 863. The maximum atomic E-state index is 2.46. The molecule has 2 aromatic rings. The molecule has 0 amide bonds. The molecule has 24 heavy (non-hydrogen) atoms. The number of hydrogen-bond donors (Lipinski definition) is 0. The fourth-order valence-electron chi connectivity index (χ4n) is 4.19. The van der Waals surface area contributed by atoms with Crippen LogP contribution in [0.3, 0.4) is 0 Å². The molecule has 0 atom stereocenters. The standard InChI is InChI=1S/C24H26/c1-23(2,21-13-17-9-5-6-10-18(17)14-21)24(3,4)22-15-19-11-7-8-12-20(19)16-22/h5-16,21-22H,1-4H3. The Morgan fingerprint density at radius 1 is 0.500 bits per heavy atom. The highest BCUT2D eigenvalue weighted by Gasteiger charge is 2.45. The van der Waals surface area contributed by atoms with Crippen LogP contribution in [-0.4, -0.2) is 0 Å². The zero-order valence-corrected chi connectivity index (χ0v) is 15.1. The summed E-state index contributed by atoms with van der Waals surface area (Å²) in [5.41, 5.74) is 0.317. The van der Waals surface area contributed by atoms with Gasteiger partial charge in [0, 0.05) is 11.8 Å². The topological polar surface area (TPSA) is 0 Å². The van der Waals surface area contributed by atoms with E-state index in [-0.39, 0.29) is 10.8 Å². The van der Waals surface area contributed by atoms with Crippen LogP contribution in [0, 0.1) is 22.7 Å². The van der Waals surface area contributed by atoms with E-state index in [4.69, 9.17) is 0 Å². The summed E-state index contributed by atoms with van der Waals surface area (Å²) < 4.78 is 0. The molecule has 0 aliphatic heterocycles. The van der Waals surface area contributed by atoms with Crippen LogP contribution in [-0.2, 0) is 0 Å². The SMILES string of the molecule is CC(C)(C1C=c2ccccc2=C1)C(C)(C)C1C=c2ccccc2=C1. The van der Waals surface area contributed by atoms with Gasteiger partial charge in [0.2, 0.25) is 0 Å². The molecule has 0 bridgehead atoms. The van der Waals surface area contributed by atoms with E-state index in [0.717, 1.165) is 0 Å². The Balaban J connectivity index is 1.74. The number of rotatable bonds is 3. The predicted octanol–water partition coefficient (Wildman–Crippen LogP) is 2.82. The molecule has 4 rings (SSSR count). The van der Waals surface area contributed by atoms with Gasteiger partial charge in [-0.15, -0.1) is 0 Å². The molecule has 0 aromatic heterocycles. The van der Waals surface area contributed by atoms with Gasteiger partial charge in [-0.05, 0) is 31.7 Å². The van der Waals surface area contributed by atoms with E-state index in [1.165, 1.54) is 20.9 Å². The largest absolute Gasteiger partial charge is 0.0692 e. The Morgan fingerprint density at radius 3 is 1.00 bits per heavy atom. The maximum Gasteiger partial charge on any atom is 0.00216 e. The molecular weight excluding hydrogens is 288 g/mol. The highest BCUT2D eigenvalue weighted by atomic mass is 14.5. The van der Waals surface area contributed by atoms with Crippen LogP contribution < -0.4 is 20.9 Å². The van der Waals surface area contributed by atoms with E-state index in [9.17, 15) is 0 Å². The molecule has 0 nitrogen and oxygen atoms in total.